The Morgan fingerprint density at radius 3 is 2.94 bits per heavy atom. The molecule has 1 aliphatic heterocycles. The van der Waals surface area contributed by atoms with Crippen LogP contribution in [0.4, 0.5) is 0 Å². The van der Waals surface area contributed by atoms with E-state index in [-0.39, 0.29) is 0 Å². The largest absolute Gasteiger partial charge is 0.361 e. The summed E-state index contributed by atoms with van der Waals surface area (Å²) in [6, 6.07) is 9.09. The van der Waals surface area contributed by atoms with Crippen LogP contribution in [-0.2, 0) is 0 Å². The summed E-state index contributed by atoms with van der Waals surface area (Å²) in [6.07, 6.45) is 3.13. The molecule has 4 nitrogen and oxygen atoms in total. The molecule has 1 aromatic heterocycles. The molecule has 0 saturated carbocycles. The van der Waals surface area contributed by atoms with Crippen molar-refractivity contribution >= 4 is 10.9 Å². The molecule has 0 aliphatic carbocycles. The first-order valence-corrected chi connectivity index (χ1v) is 5.65. The van der Waals surface area contributed by atoms with E-state index in [1.54, 1.807) is 0 Å². The minimum atomic E-state index is 0.352. The van der Waals surface area contributed by atoms with E-state index in [4.69, 9.17) is 5.73 Å². The van der Waals surface area contributed by atoms with Crippen LogP contribution in [0, 0.1) is 0 Å². The van der Waals surface area contributed by atoms with Gasteiger partial charge in [-0.1, -0.05) is 18.2 Å². The highest BCUT2D eigenvalue weighted by Gasteiger charge is 2.25. The van der Waals surface area contributed by atoms with Gasteiger partial charge in [0.25, 0.3) is 0 Å². The lowest BCUT2D eigenvalue weighted by Gasteiger charge is -2.07. The molecule has 2 aromatic rings. The Hall–Kier alpha value is -1.36. The van der Waals surface area contributed by atoms with Crippen molar-refractivity contribution in [2.24, 2.45) is 5.73 Å². The lowest BCUT2D eigenvalue weighted by molar-refractivity contribution is 0.547. The van der Waals surface area contributed by atoms with E-state index in [1.165, 1.54) is 16.5 Å². The van der Waals surface area contributed by atoms with Crippen molar-refractivity contribution in [1.82, 2.24) is 15.8 Å². The van der Waals surface area contributed by atoms with Gasteiger partial charge in [0.15, 0.2) is 0 Å². The van der Waals surface area contributed by atoms with Gasteiger partial charge in [-0.3, -0.25) is 5.43 Å². The zero-order valence-corrected chi connectivity index (χ0v) is 9.03. The van der Waals surface area contributed by atoms with Gasteiger partial charge in [0.05, 0.1) is 0 Å². The topological polar surface area (TPSA) is 65.9 Å². The van der Waals surface area contributed by atoms with E-state index in [0.717, 1.165) is 6.42 Å². The predicted molar refractivity (Wildman–Crippen MR) is 64.8 cm³/mol. The number of benzene rings is 1. The molecule has 1 fully saturated rings. The Bertz CT molecular complexity index is 490. The number of aromatic nitrogens is 1. The molecule has 84 valence electrons. The molecule has 0 radical (unpaired) electrons. The van der Waals surface area contributed by atoms with Crippen molar-refractivity contribution in [1.29, 1.82) is 0 Å². The molecule has 2 atom stereocenters. The molecular formula is C12H16N4. The molecule has 2 unspecified atom stereocenters. The van der Waals surface area contributed by atoms with Gasteiger partial charge < -0.3 is 10.7 Å². The maximum absolute atomic E-state index is 5.65. The third kappa shape index (κ3) is 1.51. The van der Waals surface area contributed by atoms with Crippen LogP contribution in [0.25, 0.3) is 10.9 Å². The molecular weight excluding hydrogens is 200 g/mol. The van der Waals surface area contributed by atoms with E-state index in [0.29, 0.717) is 18.6 Å². The third-order valence-corrected chi connectivity index (χ3v) is 3.26. The van der Waals surface area contributed by atoms with Gasteiger partial charge in [-0.2, -0.15) is 0 Å². The van der Waals surface area contributed by atoms with Crippen LogP contribution in [0.1, 0.15) is 18.0 Å². The maximum atomic E-state index is 5.65. The number of fused-ring (bicyclic) bond motifs is 1. The van der Waals surface area contributed by atoms with Gasteiger partial charge in [0.1, 0.15) is 0 Å². The van der Waals surface area contributed by atoms with E-state index in [9.17, 15) is 0 Å². The van der Waals surface area contributed by atoms with Gasteiger partial charge in [0, 0.05) is 35.7 Å². The van der Waals surface area contributed by atoms with Crippen LogP contribution in [0.2, 0.25) is 0 Å². The van der Waals surface area contributed by atoms with Crippen molar-refractivity contribution < 1.29 is 0 Å². The molecule has 0 spiro atoms. The number of nitrogens with one attached hydrogen (secondary N) is 3. The van der Waals surface area contributed by atoms with Gasteiger partial charge in [-0.25, -0.2) is 5.43 Å². The standard InChI is InChI=1S/C12H16N4/c13-6-8-5-12(16-15-8)10-7-14-11-4-2-1-3-9(10)11/h1-4,7-8,12,14-16H,5-6,13H2. The Kier molecular flexibility index (Phi) is 2.40. The smallest absolute Gasteiger partial charge is 0.0499 e. The van der Waals surface area contributed by atoms with Crippen molar-refractivity contribution in [2.45, 2.75) is 18.5 Å². The minimum absolute atomic E-state index is 0.352. The van der Waals surface area contributed by atoms with Gasteiger partial charge in [-0.05, 0) is 18.1 Å². The SMILES string of the molecule is NCC1CC(c2c[nH]c3ccccc23)NN1. The van der Waals surface area contributed by atoms with Crippen molar-refractivity contribution in [2.75, 3.05) is 6.54 Å². The number of hydrazine groups is 1. The Balaban J connectivity index is 1.95. The number of nitrogens with two attached hydrogens (primary N) is 1. The molecule has 1 aliphatic rings. The molecule has 0 amide bonds. The predicted octanol–water partition coefficient (Wildman–Crippen LogP) is 1.03. The monoisotopic (exact) mass is 216 g/mol. The van der Waals surface area contributed by atoms with Crippen molar-refractivity contribution in [3.8, 4) is 0 Å². The zero-order chi connectivity index (χ0) is 11.0. The number of rotatable bonds is 2. The number of para-hydroxylation sites is 1. The first kappa shape index (κ1) is 9.84. The van der Waals surface area contributed by atoms with Crippen LogP contribution in [-0.4, -0.2) is 17.6 Å². The fraction of sp³-hybridized carbons (Fsp3) is 0.333. The van der Waals surface area contributed by atoms with Crippen LogP contribution in [0.15, 0.2) is 30.5 Å². The first-order valence-electron chi connectivity index (χ1n) is 5.65. The van der Waals surface area contributed by atoms with Crippen LogP contribution < -0.4 is 16.6 Å². The number of hydrogen-bond donors (Lipinski definition) is 4. The molecule has 4 heteroatoms. The second-order valence-corrected chi connectivity index (χ2v) is 4.30. The molecule has 0 bridgehead atoms. The first-order chi connectivity index (χ1) is 7.88. The van der Waals surface area contributed by atoms with E-state index in [2.05, 4.69) is 40.2 Å². The normalized spacial score (nSPS) is 25.3. The van der Waals surface area contributed by atoms with E-state index in [1.807, 2.05) is 6.07 Å². The van der Waals surface area contributed by atoms with Gasteiger partial charge in [-0.15, -0.1) is 0 Å². The summed E-state index contributed by atoms with van der Waals surface area (Å²) in [5, 5.41) is 1.29. The fourth-order valence-electron chi connectivity index (χ4n) is 2.36. The van der Waals surface area contributed by atoms with Crippen molar-refractivity contribution in [3.63, 3.8) is 0 Å². The molecule has 3 rings (SSSR count). The summed E-state index contributed by atoms with van der Waals surface area (Å²) < 4.78 is 0. The quantitative estimate of drug-likeness (QED) is 0.606. The van der Waals surface area contributed by atoms with Gasteiger partial charge >= 0.3 is 0 Å². The molecule has 1 saturated heterocycles. The molecule has 16 heavy (non-hydrogen) atoms. The summed E-state index contributed by atoms with van der Waals surface area (Å²) in [5.41, 5.74) is 14.7. The average molecular weight is 216 g/mol. The number of hydrogen-bond acceptors (Lipinski definition) is 3. The average Bonchev–Trinajstić information content (AvgIpc) is 2.94. The summed E-state index contributed by atoms with van der Waals surface area (Å²) in [6.45, 7) is 0.672. The number of H-pyrrole nitrogens is 1. The van der Waals surface area contributed by atoms with Crippen LogP contribution >= 0.6 is 0 Å². The second-order valence-electron chi connectivity index (χ2n) is 4.30. The maximum Gasteiger partial charge on any atom is 0.0499 e. The summed E-state index contributed by atoms with van der Waals surface area (Å²) in [4.78, 5) is 3.30. The highest BCUT2D eigenvalue weighted by molar-refractivity contribution is 5.83. The van der Waals surface area contributed by atoms with Crippen LogP contribution in [0.3, 0.4) is 0 Å². The zero-order valence-electron chi connectivity index (χ0n) is 9.03. The summed E-state index contributed by atoms with van der Waals surface area (Å²) >= 11 is 0. The molecule has 5 N–H and O–H groups in total. The Morgan fingerprint density at radius 1 is 1.25 bits per heavy atom. The third-order valence-electron chi connectivity index (χ3n) is 3.26. The fourth-order valence-corrected chi connectivity index (χ4v) is 2.36. The van der Waals surface area contributed by atoms with Crippen LogP contribution in [0.5, 0.6) is 0 Å². The van der Waals surface area contributed by atoms with Gasteiger partial charge in [0.2, 0.25) is 0 Å². The number of aromatic amines is 1. The minimum Gasteiger partial charge on any atom is -0.361 e. The Labute approximate surface area is 94.2 Å². The summed E-state index contributed by atoms with van der Waals surface area (Å²) in [7, 11) is 0. The van der Waals surface area contributed by atoms with E-state index < -0.39 is 0 Å². The molecule has 2 heterocycles. The second kappa shape index (κ2) is 3.90. The Morgan fingerprint density at radius 2 is 2.12 bits per heavy atom. The highest BCUT2D eigenvalue weighted by atomic mass is 15.4. The summed E-state index contributed by atoms with van der Waals surface area (Å²) in [5.74, 6) is 0. The highest BCUT2D eigenvalue weighted by Crippen LogP contribution is 2.28. The lowest BCUT2D eigenvalue weighted by Crippen LogP contribution is -2.35. The lowest BCUT2D eigenvalue weighted by atomic mass is 10.0. The van der Waals surface area contributed by atoms with Crippen molar-refractivity contribution in [3.05, 3.63) is 36.0 Å². The molecule has 1 aromatic carbocycles. The van der Waals surface area contributed by atoms with E-state index >= 15 is 0 Å².